The minimum absolute atomic E-state index is 0.400. The third-order valence-corrected chi connectivity index (χ3v) is 5.35. The van der Waals surface area contributed by atoms with Crippen LogP contribution in [0.4, 0.5) is 0 Å². The largest absolute Gasteiger partial charge is 0.314 e. The van der Waals surface area contributed by atoms with Crippen LogP contribution in [0.15, 0.2) is 91.0 Å². The van der Waals surface area contributed by atoms with Crippen molar-refractivity contribution >= 4 is 0 Å². The quantitative estimate of drug-likeness (QED) is 0.555. The maximum Gasteiger partial charge on any atom is 0.0130 e. The van der Waals surface area contributed by atoms with Crippen LogP contribution in [0.5, 0.6) is 0 Å². The van der Waals surface area contributed by atoms with Gasteiger partial charge >= 0.3 is 0 Å². The second-order valence-corrected chi connectivity index (χ2v) is 7.14. The lowest BCUT2D eigenvalue weighted by molar-refractivity contribution is 0.369. The summed E-state index contributed by atoms with van der Waals surface area (Å²) in [6.07, 6.45) is 1.07. The number of hydrogen-bond donors (Lipinski definition) is 1. The smallest absolute Gasteiger partial charge is 0.0130 e. The first kappa shape index (κ1) is 18.4. The zero-order valence-electron chi connectivity index (χ0n) is 15.8. The summed E-state index contributed by atoms with van der Waals surface area (Å²) in [5, 5.41) is 3.75. The Morgan fingerprint density at radius 2 is 1.12 bits per heavy atom. The average molecular weight is 344 g/mol. The Bertz CT molecular complexity index is 712. The molecule has 3 aromatic carbocycles. The van der Waals surface area contributed by atoms with Crippen molar-refractivity contribution in [3.63, 3.8) is 0 Å². The molecule has 0 aromatic heterocycles. The molecular formula is C25H29N. The van der Waals surface area contributed by atoms with Crippen LogP contribution in [0, 0.1) is 5.92 Å². The summed E-state index contributed by atoms with van der Waals surface area (Å²) >= 11 is 0. The molecule has 0 aliphatic rings. The first-order valence-electron chi connectivity index (χ1n) is 9.63. The molecule has 3 rings (SSSR count). The van der Waals surface area contributed by atoms with Gasteiger partial charge in [0, 0.05) is 12.0 Å². The highest BCUT2D eigenvalue weighted by Gasteiger charge is 2.25. The Balaban J connectivity index is 1.69. The molecule has 2 atom stereocenters. The summed E-state index contributed by atoms with van der Waals surface area (Å²) in [6, 6.07) is 32.9. The van der Waals surface area contributed by atoms with Crippen LogP contribution >= 0.6 is 0 Å². The monoisotopic (exact) mass is 343 g/mol. The van der Waals surface area contributed by atoms with Gasteiger partial charge in [0.1, 0.15) is 0 Å². The fourth-order valence-electron chi connectivity index (χ4n) is 3.68. The molecule has 0 radical (unpaired) electrons. The molecule has 0 fully saturated rings. The van der Waals surface area contributed by atoms with Crippen molar-refractivity contribution in [2.24, 2.45) is 5.92 Å². The van der Waals surface area contributed by atoms with Gasteiger partial charge in [-0.3, -0.25) is 0 Å². The lowest BCUT2D eigenvalue weighted by Crippen LogP contribution is -2.36. The lowest BCUT2D eigenvalue weighted by atomic mass is 9.78. The van der Waals surface area contributed by atoms with Crippen molar-refractivity contribution in [2.45, 2.75) is 32.2 Å². The van der Waals surface area contributed by atoms with Gasteiger partial charge in [-0.2, -0.15) is 0 Å². The van der Waals surface area contributed by atoms with E-state index in [1.165, 1.54) is 16.7 Å². The van der Waals surface area contributed by atoms with E-state index in [0.717, 1.165) is 13.0 Å². The van der Waals surface area contributed by atoms with Crippen LogP contribution in [0.3, 0.4) is 0 Å². The van der Waals surface area contributed by atoms with E-state index in [-0.39, 0.29) is 0 Å². The van der Waals surface area contributed by atoms with Gasteiger partial charge in [0.15, 0.2) is 0 Å². The predicted molar refractivity (Wildman–Crippen MR) is 112 cm³/mol. The van der Waals surface area contributed by atoms with Gasteiger partial charge in [-0.25, -0.2) is 0 Å². The molecule has 1 nitrogen and oxygen atoms in total. The van der Waals surface area contributed by atoms with Gasteiger partial charge in [-0.15, -0.1) is 0 Å². The summed E-state index contributed by atoms with van der Waals surface area (Å²) in [6.45, 7) is 5.69. The Hall–Kier alpha value is -2.38. The van der Waals surface area contributed by atoms with Crippen molar-refractivity contribution in [3.05, 3.63) is 108 Å². The summed E-state index contributed by atoms with van der Waals surface area (Å²) in [5.74, 6) is 0.896. The zero-order valence-corrected chi connectivity index (χ0v) is 15.8. The molecule has 0 amide bonds. The van der Waals surface area contributed by atoms with Gasteiger partial charge in [0.2, 0.25) is 0 Å². The van der Waals surface area contributed by atoms with Gasteiger partial charge in [-0.05, 0) is 42.5 Å². The van der Waals surface area contributed by atoms with Crippen molar-refractivity contribution in [2.75, 3.05) is 6.54 Å². The molecule has 3 aromatic rings. The highest BCUT2D eigenvalue weighted by Crippen LogP contribution is 2.33. The number of rotatable bonds is 8. The van der Waals surface area contributed by atoms with Crippen LogP contribution in [0.25, 0.3) is 0 Å². The van der Waals surface area contributed by atoms with Gasteiger partial charge < -0.3 is 5.32 Å². The third-order valence-electron chi connectivity index (χ3n) is 5.35. The number of nitrogens with one attached hydrogen (secondary N) is 1. The van der Waals surface area contributed by atoms with E-state index in [2.05, 4.69) is 110 Å². The molecule has 1 heteroatoms. The average Bonchev–Trinajstić information content (AvgIpc) is 2.70. The first-order valence-corrected chi connectivity index (χ1v) is 9.63. The summed E-state index contributed by atoms with van der Waals surface area (Å²) in [4.78, 5) is 0. The van der Waals surface area contributed by atoms with E-state index < -0.39 is 0 Å². The van der Waals surface area contributed by atoms with Crippen molar-refractivity contribution in [1.29, 1.82) is 0 Å². The third kappa shape index (κ3) is 4.83. The lowest BCUT2D eigenvalue weighted by Gasteiger charge is -2.30. The molecule has 0 bridgehead atoms. The topological polar surface area (TPSA) is 12.0 Å². The standard InChI is InChI=1S/C25H29N/c1-20(21(2)26-19-18-22-12-6-3-7-13-22)25(23-14-8-4-9-15-23)24-16-10-5-11-17-24/h3-17,20-21,25-26H,18-19H2,1-2H3/t20-,21-/m1/s1. The normalized spacial score (nSPS) is 13.5. The van der Waals surface area contributed by atoms with Gasteiger partial charge in [0.05, 0.1) is 0 Å². The minimum Gasteiger partial charge on any atom is -0.314 e. The Morgan fingerprint density at radius 1 is 0.654 bits per heavy atom. The molecule has 0 aliphatic carbocycles. The molecule has 26 heavy (non-hydrogen) atoms. The van der Waals surface area contributed by atoms with Crippen LogP contribution < -0.4 is 5.32 Å². The maximum atomic E-state index is 3.75. The minimum atomic E-state index is 0.400. The van der Waals surface area contributed by atoms with Crippen LogP contribution in [-0.2, 0) is 6.42 Å². The highest BCUT2D eigenvalue weighted by atomic mass is 14.9. The van der Waals surface area contributed by atoms with E-state index in [4.69, 9.17) is 0 Å². The Kier molecular flexibility index (Phi) is 6.62. The molecular weight excluding hydrogens is 314 g/mol. The van der Waals surface area contributed by atoms with Crippen LogP contribution in [0.1, 0.15) is 36.5 Å². The van der Waals surface area contributed by atoms with E-state index in [1.807, 2.05) is 0 Å². The molecule has 0 saturated heterocycles. The molecule has 0 aliphatic heterocycles. The van der Waals surface area contributed by atoms with E-state index in [0.29, 0.717) is 17.9 Å². The summed E-state index contributed by atoms with van der Waals surface area (Å²) in [7, 11) is 0. The van der Waals surface area contributed by atoms with Gasteiger partial charge in [0.25, 0.3) is 0 Å². The van der Waals surface area contributed by atoms with Crippen molar-refractivity contribution in [3.8, 4) is 0 Å². The summed E-state index contributed by atoms with van der Waals surface area (Å²) < 4.78 is 0. The molecule has 1 N–H and O–H groups in total. The molecule has 134 valence electrons. The predicted octanol–water partition coefficient (Wildman–Crippen LogP) is 5.68. The Morgan fingerprint density at radius 3 is 1.62 bits per heavy atom. The molecule has 0 spiro atoms. The molecule has 0 heterocycles. The van der Waals surface area contributed by atoms with Gasteiger partial charge in [-0.1, -0.05) is 97.9 Å². The van der Waals surface area contributed by atoms with E-state index >= 15 is 0 Å². The molecule has 0 unspecified atom stereocenters. The fourth-order valence-corrected chi connectivity index (χ4v) is 3.68. The van der Waals surface area contributed by atoms with Crippen LogP contribution in [0.2, 0.25) is 0 Å². The van der Waals surface area contributed by atoms with E-state index in [9.17, 15) is 0 Å². The Labute approximate surface area is 158 Å². The maximum absolute atomic E-state index is 3.75. The van der Waals surface area contributed by atoms with E-state index in [1.54, 1.807) is 0 Å². The first-order chi connectivity index (χ1) is 12.8. The van der Waals surface area contributed by atoms with Crippen molar-refractivity contribution < 1.29 is 0 Å². The zero-order chi connectivity index (χ0) is 18.2. The second-order valence-electron chi connectivity index (χ2n) is 7.14. The number of hydrogen-bond acceptors (Lipinski definition) is 1. The highest BCUT2D eigenvalue weighted by molar-refractivity contribution is 5.33. The van der Waals surface area contributed by atoms with Crippen molar-refractivity contribution in [1.82, 2.24) is 5.32 Å². The molecule has 0 saturated carbocycles. The van der Waals surface area contributed by atoms with Crippen LogP contribution in [-0.4, -0.2) is 12.6 Å². The number of benzene rings is 3. The SMILES string of the molecule is C[C@@H](NCCc1ccccc1)[C@@H](C)C(c1ccccc1)c1ccccc1. The summed E-state index contributed by atoms with van der Waals surface area (Å²) in [5.41, 5.74) is 4.17. The second kappa shape index (κ2) is 9.35. The fraction of sp³-hybridized carbons (Fsp3) is 0.280.